The van der Waals surface area contributed by atoms with Gasteiger partial charge in [0.05, 0.1) is 6.61 Å². The van der Waals surface area contributed by atoms with Crippen LogP contribution < -0.4 is 0 Å². The Morgan fingerprint density at radius 3 is 2.44 bits per heavy atom. The standard InChI is InChI=1S/C13H25N3O2/c1-4-11(7-8-13(17)18-6-3)9-12(5-2)10-15-16-14/h11-12H,4-10H2,1-3H3. The molecule has 2 unspecified atom stereocenters. The van der Waals surface area contributed by atoms with E-state index < -0.39 is 0 Å². The van der Waals surface area contributed by atoms with Crippen molar-refractivity contribution in [3.8, 4) is 0 Å². The third-order valence-corrected chi connectivity index (χ3v) is 3.29. The number of nitrogens with zero attached hydrogens (tertiary/aromatic N) is 3. The molecule has 5 nitrogen and oxygen atoms in total. The van der Waals surface area contributed by atoms with Crippen LogP contribution in [-0.2, 0) is 9.53 Å². The highest BCUT2D eigenvalue weighted by Gasteiger charge is 2.15. The molecule has 0 heterocycles. The van der Waals surface area contributed by atoms with E-state index in [1.54, 1.807) is 0 Å². The predicted octanol–water partition coefficient (Wildman–Crippen LogP) is 4.08. The minimum absolute atomic E-state index is 0.112. The minimum Gasteiger partial charge on any atom is -0.466 e. The average molecular weight is 255 g/mol. The molecule has 2 atom stereocenters. The Hall–Kier alpha value is -1.22. The summed E-state index contributed by atoms with van der Waals surface area (Å²) < 4.78 is 4.93. The molecule has 5 heteroatoms. The van der Waals surface area contributed by atoms with Crippen molar-refractivity contribution in [3.63, 3.8) is 0 Å². The molecule has 18 heavy (non-hydrogen) atoms. The maximum absolute atomic E-state index is 11.3. The summed E-state index contributed by atoms with van der Waals surface area (Å²) in [5.41, 5.74) is 8.33. The second-order valence-corrected chi connectivity index (χ2v) is 4.54. The Kier molecular flexibility index (Phi) is 10.2. The van der Waals surface area contributed by atoms with E-state index in [0.29, 0.717) is 31.4 Å². The average Bonchev–Trinajstić information content (AvgIpc) is 2.38. The number of hydrogen-bond acceptors (Lipinski definition) is 3. The normalized spacial score (nSPS) is 13.5. The summed E-state index contributed by atoms with van der Waals surface area (Å²) in [4.78, 5) is 14.1. The molecule has 0 amide bonds. The number of carbonyl (C=O) groups excluding carboxylic acids is 1. The van der Waals surface area contributed by atoms with Crippen LogP contribution in [0.1, 0.15) is 52.9 Å². The molecule has 0 fully saturated rings. The Labute approximate surface area is 110 Å². The molecule has 104 valence electrons. The van der Waals surface area contributed by atoms with Gasteiger partial charge in [-0.15, -0.1) is 0 Å². The second-order valence-electron chi connectivity index (χ2n) is 4.54. The zero-order valence-corrected chi connectivity index (χ0v) is 11.8. The monoisotopic (exact) mass is 255 g/mol. The largest absolute Gasteiger partial charge is 0.466 e. The second kappa shape index (κ2) is 10.9. The fourth-order valence-corrected chi connectivity index (χ4v) is 2.04. The fraction of sp³-hybridized carbons (Fsp3) is 0.923. The third kappa shape index (κ3) is 7.96. The summed E-state index contributed by atoms with van der Waals surface area (Å²) in [6.45, 7) is 7.07. The number of hydrogen-bond donors (Lipinski definition) is 0. The van der Waals surface area contributed by atoms with Crippen LogP contribution in [0.25, 0.3) is 10.4 Å². The molecule has 0 aliphatic heterocycles. The van der Waals surface area contributed by atoms with Gasteiger partial charge in [-0.1, -0.05) is 31.8 Å². The van der Waals surface area contributed by atoms with Gasteiger partial charge < -0.3 is 4.74 Å². The van der Waals surface area contributed by atoms with E-state index in [1.165, 1.54) is 0 Å². The fourth-order valence-electron chi connectivity index (χ4n) is 2.04. The lowest BCUT2D eigenvalue weighted by Gasteiger charge is -2.20. The lowest BCUT2D eigenvalue weighted by Crippen LogP contribution is -2.13. The maximum Gasteiger partial charge on any atom is 0.305 e. The van der Waals surface area contributed by atoms with Gasteiger partial charge in [0.25, 0.3) is 0 Å². The van der Waals surface area contributed by atoms with Gasteiger partial charge in [0.1, 0.15) is 0 Å². The van der Waals surface area contributed by atoms with E-state index >= 15 is 0 Å². The molecule has 0 N–H and O–H groups in total. The van der Waals surface area contributed by atoms with Crippen LogP contribution in [-0.4, -0.2) is 19.1 Å². The van der Waals surface area contributed by atoms with E-state index in [1.807, 2.05) is 6.92 Å². The van der Waals surface area contributed by atoms with Gasteiger partial charge >= 0.3 is 5.97 Å². The summed E-state index contributed by atoms with van der Waals surface area (Å²) in [6.07, 6.45) is 4.43. The maximum atomic E-state index is 11.3. The van der Waals surface area contributed by atoms with E-state index in [9.17, 15) is 4.79 Å². The summed E-state index contributed by atoms with van der Waals surface area (Å²) in [7, 11) is 0. The molecule has 0 aliphatic carbocycles. The molecule has 0 aromatic heterocycles. The van der Waals surface area contributed by atoms with E-state index in [0.717, 1.165) is 25.7 Å². The van der Waals surface area contributed by atoms with Crippen LogP contribution >= 0.6 is 0 Å². The van der Waals surface area contributed by atoms with Crippen LogP contribution in [0.4, 0.5) is 0 Å². The third-order valence-electron chi connectivity index (χ3n) is 3.29. The summed E-state index contributed by atoms with van der Waals surface area (Å²) in [6, 6.07) is 0. The number of azide groups is 1. The first-order valence-corrected chi connectivity index (χ1v) is 6.84. The van der Waals surface area contributed by atoms with Gasteiger partial charge in [0, 0.05) is 17.9 Å². The molecule has 0 saturated heterocycles. The SMILES string of the molecule is CCOC(=O)CCC(CC)CC(CC)CN=[N+]=[N-]. The highest BCUT2D eigenvalue weighted by molar-refractivity contribution is 5.69. The van der Waals surface area contributed by atoms with Crippen LogP contribution in [0.5, 0.6) is 0 Å². The quantitative estimate of drug-likeness (QED) is 0.255. The summed E-state index contributed by atoms with van der Waals surface area (Å²) in [5.74, 6) is 0.820. The topological polar surface area (TPSA) is 75.1 Å². The van der Waals surface area contributed by atoms with Gasteiger partial charge in [-0.05, 0) is 37.1 Å². The van der Waals surface area contributed by atoms with Gasteiger partial charge in [0.2, 0.25) is 0 Å². The van der Waals surface area contributed by atoms with Crippen LogP contribution in [0.2, 0.25) is 0 Å². The molecule has 0 saturated carbocycles. The highest BCUT2D eigenvalue weighted by atomic mass is 16.5. The first-order chi connectivity index (χ1) is 8.67. The lowest BCUT2D eigenvalue weighted by molar-refractivity contribution is -0.143. The minimum atomic E-state index is -0.112. The first-order valence-electron chi connectivity index (χ1n) is 6.84. The molecule has 0 aromatic carbocycles. The molecule has 0 spiro atoms. The van der Waals surface area contributed by atoms with Crippen molar-refractivity contribution >= 4 is 5.97 Å². The van der Waals surface area contributed by atoms with Crippen molar-refractivity contribution < 1.29 is 9.53 Å². The Bertz CT molecular complexity index is 275. The summed E-state index contributed by atoms with van der Waals surface area (Å²) >= 11 is 0. The van der Waals surface area contributed by atoms with Crippen molar-refractivity contribution in [1.29, 1.82) is 0 Å². The van der Waals surface area contributed by atoms with E-state index in [-0.39, 0.29) is 5.97 Å². The first kappa shape index (κ1) is 16.8. The van der Waals surface area contributed by atoms with E-state index in [2.05, 4.69) is 23.9 Å². The highest BCUT2D eigenvalue weighted by Crippen LogP contribution is 2.23. The van der Waals surface area contributed by atoms with Crippen LogP contribution in [0.3, 0.4) is 0 Å². The van der Waals surface area contributed by atoms with Crippen molar-refractivity contribution in [1.82, 2.24) is 0 Å². The number of carbonyl (C=O) groups is 1. The van der Waals surface area contributed by atoms with Crippen LogP contribution in [0, 0.1) is 11.8 Å². The van der Waals surface area contributed by atoms with Gasteiger partial charge in [-0.2, -0.15) is 0 Å². The molecule has 0 aromatic rings. The zero-order valence-electron chi connectivity index (χ0n) is 11.8. The molecule has 0 rings (SSSR count). The lowest BCUT2D eigenvalue weighted by atomic mass is 9.88. The van der Waals surface area contributed by atoms with Crippen molar-refractivity contribution in [2.45, 2.75) is 52.9 Å². The predicted molar refractivity (Wildman–Crippen MR) is 72.1 cm³/mol. The summed E-state index contributed by atoms with van der Waals surface area (Å²) in [5, 5.41) is 3.64. The van der Waals surface area contributed by atoms with Crippen molar-refractivity contribution in [3.05, 3.63) is 10.4 Å². The molecule has 0 radical (unpaired) electrons. The smallest absolute Gasteiger partial charge is 0.305 e. The Morgan fingerprint density at radius 2 is 1.94 bits per heavy atom. The van der Waals surface area contributed by atoms with Crippen LogP contribution in [0.15, 0.2) is 5.11 Å². The molecular weight excluding hydrogens is 230 g/mol. The van der Waals surface area contributed by atoms with Gasteiger partial charge in [-0.3, -0.25) is 4.79 Å². The van der Waals surface area contributed by atoms with Crippen molar-refractivity contribution in [2.75, 3.05) is 13.2 Å². The molecule has 0 bridgehead atoms. The van der Waals surface area contributed by atoms with Gasteiger partial charge in [-0.25, -0.2) is 0 Å². The van der Waals surface area contributed by atoms with E-state index in [4.69, 9.17) is 10.3 Å². The molecule has 0 aliphatic rings. The Morgan fingerprint density at radius 1 is 1.28 bits per heavy atom. The van der Waals surface area contributed by atoms with Gasteiger partial charge in [0.15, 0.2) is 0 Å². The molecular formula is C13H25N3O2. The Balaban J connectivity index is 4.06. The zero-order chi connectivity index (χ0) is 13.8. The number of rotatable bonds is 10. The number of esters is 1. The number of ether oxygens (including phenoxy) is 1. The van der Waals surface area contributed by atoms with Crippen molar-refractivity contribution in [2.24, 2.45) is 17.0 Å².